The lowest BCUT2D eigenvalue weighted by Gasteiger charge is -2.07. The Balaban J connectivity index is 1.73. The number of benzene rings is 2. The molecule has 0 atom stereocenters. The number of hydrogen-bond acceptors (Lipinski definition) is 4. The third-order valence-electron chi connectivity index (χ3n) is 4.32. The first-order chi connectivity index (χ1) is 12.2. The zero-order chi connectivity index (χ0) is 17.2. The molecule has 2 nitrogen and oxygen atoms in total. The molecular weight excluding hydrogens is 344 g/mol. The molecule has 2 aromatic carbocycles. The molecule has 0 spiro atoms. The molecule has 2 heterocycles. The van der Waals surface area contributed by atoms with Crippen molar-refractivity contribution in [3.05, 3.63) is 76.9 Å². The third kappa shape index (κ3) is 3.32. The Labute approximate surface area is 156 Å². The topological polar surface area (TPSA) is 25.8 Å². The minimum absolute atomic E-state index is 0.919. The molecule has 0 bridgehead atoms. The number of hydrogen-bond donors (Lipinski definition) is 0. The van der Waals surface area contributed by atoms with Crippen LogP contribution < -0.4 is 0 Å². The van der Waals surface area contributed by atoms with E-state index in [1.807, 2.05) is 0 Å². The number of thioether (sulfide) groups is 1. The Morgan fingerprint density at radius 3 is 2.56 bits per heavy atom. The summed E-state index contributed by atoms with van der Waals surface area (Å²) in [5.41, 5.74) is 6.40. The van der Waals surface area contributed by atoms with Crippen LogP contribution in [-0.2, 0) is 5.75 Å². The van der Waals surface area contributed by atoms with E-state index < -0.39 is 0 Å². The van der Waals surface area contributed by atoms with Crippen molar-refractivity contribution in [2.45, 2.75) is 24.6 Å². The Morgan fingerprint density at radius 2 is 1.76 bits per heavy atom. The number of nitrogens with zero attached hydrogens (tertiary/aromatic N) is 2. The number of thiophene rings is 1. The van der Waals surface area contributed by atoms with Crippen molar-refractivity contribution >= 4 is 33.3 Å². The van der Waals surface area contributed by atoms with Crippen LogP contribution in [0.1, 0.15) is 16.7 Å². The largest absolute Gasteiger partial charge is 0.229 e. The van der Waals surface area contributed by atoms with E-state index in [0.717, 1.165) is 15.6 Å². The highest BCUT2D eigenvalue weighted by atomic mass is 32.2. The molecule has 0 aliphatic carbocycles. The normalized spacial score (nSPS) is 11.1. The van der Waals surface area contributed by atoms with Gasteiger partial charge in [0.25, 0.3) is 0 Å². The first-order valence-electron chi connectivity index (χ1n) is 8.19. The standard InChI is InChI=1S/C21H18N2S2/c1-14-7-9-16(10-8-14)18-12-25-21-19(18)20(22-13-23-21)24-11-17-6-4-3-5-15(17)2/h3-10,12-13H,11H2,1-2H3. The van der Waals surface area contributed by atoms with Crippen molar-refractivity contribution in [1.82, 2.24) is 9.97 Å². The molecule has 0 aliphatic heterocycles. The van der Waals surface area contributed by atoms with E-state index in [1.54, 1.807) is 29.4 Å². The molecule has 0 aliphatic rings. The van der Waals surface area contributed by atoms with Crippen molar-refractivity contribution in [3.63, 3.8) is 0 Å². The van der Waals surface area contributed by atoms with Crippen LogP contribution in [-0.4, -0.2) is 9.97 Å². The first kappa shape index (κ1) is 16.3. The minimum Gasteiger partial charge on any atom is -0.229 e. The summed E-state index contributed by atoms with van der Waals surface area (Å²) in [6.45, 7) is 4.27. The Morgan fingerprint density at radius 1 is 0.960 bits per heavy atom. The summed E-state index contributed by atoms with van der Waals surface area (Å²) in [6, 6.07) is 17.2. The average molecular weight is 363 g/mol. The van der Waals surface area contributed by atoms with Gasteiger partial charge < -0.3 is 0 Å². The van der Waals surface area contributed by atoms with Gasteiger partial charge in [-0.1, -0.05) is 54.1 Å². The van der Waals surface area contributed by atoms with Gasteiger partial charge in [0.1, 0.15) is 16.2 Å². The molecule has 0 unspecified atom stereocenters. The summed E-state index contributed by atoms with van der Waals surface area (Å²) in [6.07, 6.45) is 1.68. The number of fused-ring (bicyclic) bond motifs is 1. The van der Waals surface area contributed by atoms with Gasteiger partial charge in [0, 0.05) is 16.7 Å². The van der Waals surface area contributed by atoms with Gasteiger partial charge in [0.15, 0.2) is 0 Å². The summed E-state index contributed by atoms with van der Waals surface area (Å²) in [5.74, 6) is 0.919. The predicted octanol–water partition coefficient (Wildman–Crippen LogP) is 6.27. The summed E-state index contributed by atoms with van der Waals surface area (Å²) >= 11 is 3.48. The van der Waals surface area contributed by atoms with E-state index in [-0.39, 0.29) is 0 Å². The van der Waals surface area contributed by atoms with E-state index in [1.165, 1.54) is 33.2 Å². The zero-order valence-electron chi connectivity index (χ0n) is 14.2. The third-order valence-corrected chi connectivity index (χ3v) is 6.25. The Hall–Kier alpha value is -2.17. The van der Waals surface area contributed by atoms with Crippen LogP contribution in [0.5, 0.6) is 0 Å². The van der Waals surface area contributed by atoms with E-state index in [4.69, 9.17) is 0 Å². The molecule has 0 saturated carbocycles. The SMILES string of the molecule is Cc1ccc(-c2csc3ncnc(SCc4ccccc4C)c23)cc1. The second-order valence-corrected chi connectivity index (χ2v) is 7.91. The van der Waals surface area contributed by atoms with Gasteiger partial charge in [-0.3, -0.25) is 0 Å². The molecule has 0 fully saturated rings. The van der Waals surface area contributed by atoms with Crippen LogP contribution in [0.2, 0.25) is 0 Å². The summed E-state index contributed by atoms with van der Waals surface area (Å²) < 4.78 is 0. The van der Waals surface area contributed by atoms with Crippen molar-refractivity contribution in [2.24, 2.45) is 0 Å². The molecule has 4 aromatic rings. The molecular formula is C21H18N2S2. The second kappa shape index (κ2) is 6.98. The van der Waals surface area contributed by atoms with Crippen LogP contribution in [0, 0.1) is 13.8 Å². The van der Waals surface area contributed by atoms with Crippen molar-refractivity contribution < 1.29 is 0 Å². The lowest BCUT2D eigenvalue weighted by molar-refractivity contribution is 1.11. The smallest absolute Gasteiger partial charge is 0.128 e. The molecule has 4 rings (SSSR count). The van der Waals surface area contributed by atoms with Gasteiger partial charge >= 0.3 is 0 Å². The van der Waals surface area contributed by atoms with Gasteiger partial charge in [0.2, 0.25) is 0 Å². The lowest BCUT2D eigenvalue weighted by atomic mass is 10.1. The summed E-state index contributed by atoms with van der Waals surface area (Å²) in [5, 5.41) is 4.43. The molecule has 0 N–H and O–H groups in total. The Kier molecular flexibility index (Phi) is 4.55. The van der Waals surface area contributed by atoms with Gasteiger partial charge in [-0.2, -0.15) is 0 Å². The van der Waals surface area contributed by atoms with Crippen LogP contribution in [0.3, 0.4) is 0 Å². The van der Waals surface area contributed by atoms with Gasteiger partial charge in [0.05, 0.1) is 5.39 Å². The maximum Gasteiger partial charge on any atom is 0.128 e. The van der Waals surface area contributed by atoms with Crippen molar-refractivity contribution in [3.8, 4) is 11.1 Å². The van der Waals surface area contributed by atoms with E-state index >= 15 is 0 Å². The highest BCUT2D eigenvalue weighted by Crippen LogP contribution is 2.38. The Bertz CT molecular complexity index is 1020. The maximum atomic E-state index is 4.59. The highest BCUT2D eigenvalue weighted by molar-refractivity contribution is 7.98. The van der Waals surface area contributed by atoms with Crippen LogP contribution in [0.4, 0.5) is 0 Å². The predicted molar refractivity (Wildman–Crippen MR) is 108 cm³/mol. The van der Waals surface area contributed by atoms with E-state index in [2.05, 4.69) is 77.7 Å². The number of aryl methyl sites for hydroxylation is 2. The molecule has 25 heavy (non-hydrogen) atoms. The number of rotatable bonds is 4. The van der Waals surface area contributed by atoms with Crippen LogP contribution in [0.15, 0.2) is 65.3 Å². The quantitative estimate of drug-likeness (QED) is 0.316. The summed E-state index contributed by atoms with van der Waals surface area (Å²) in [7, 11) is 0. The van der Waals surface area contributed by atoms with Crippen molar-refractivity contribution in [2.75, 3.05) is 0 Å². The molecule has 0 amide bonds. The molecule has 4 heteroatoms. The van der Waals surface area contributed by atoms with E-state index in [0.29, 0.717) is 0 Å². The summed E-state index contributed by atoms with van der Waals surface area (Å²) in [4.78, 5) is 10.1. The fourth-order valence-corrected chi connectivity index (χ4v) is 4.89. The zero-order valence-corrected chi connectivity index (χ0v) is 15.8. The number of aromatic nitrogens is 2. The minimum atomic E-state index is 0.919. The fraction of sp³-hybridized carbons (Fsp3) is 0.143. The van der Waals surface area contributed by atoms with E-state index in [9.17, 15) is 0 Å². The fourth-order valence-electron chi connectivity index (χ4n) is 2.82. The van der Waals surface area contributed by atoms with Gasteiger partial charge in [-0.05, 0) is 30.5 Å². The van der Waals surface area contributed by atoms with Crippen molar-refractivity contribution in [1.29, 1.82) is 0 Å². The van der Waals surface area contributed by atoms with Crippen LogP contribution in [0.25, 0.3) is 21.3 Å². The molecule has 124 valence electrons. The maximum absolute atomic E-state index is 4.59. The monoisotopic (exact) mass is 362 g/mol. The second-order valence-electron chi connectivity index (χ2n) is 6.09. The molecule has 0 radical (unpaired) electrons. The molecule has 2 aromatic heterocycles. The average Bonchev–Trinajstić information content (AvgIpc) is 3.06. The molecule has 0 saturated heterocycles. The highest BCUT2D eigenvalue weighted by Gasteiger charge is 2.13. The van der Waals surface area contributed by atoms with Gasteiger partial charge in [-0.15, -0.1) is 23.1 Å². The first-order valence-corrected chi connectivity index (χ1v) is 10.1. The van der Waals surface area contributed by atoms with Crippen LogP contribution >= 0.6 is 23.1 Å². The van der Waals surface area contributed by atoms with Gasteiger partial charge in [-0.25, -0.2) is 9.97 Å². The lowest BCUT2D eigenvalue weighted by Crippen LogP contribution is -1.89.